The van der Waals surface area contributed by atoms with Crippen molar-refractivity contribution in [2.45, 2.75) is 13.8 Å². The first kappa shape index (κ1) is 20.8. The lowest BCUT2D eigenvalue weighted by atomic mass is 10.2. The fourth-order valence-electron chi connectivity index (χ4n) is 2.69. The summed E-state index contributed by atoms with van der Waals surface area (Å²) in [6.07, 6.45) is 0. The molecular weight excluding hydrogens is 376 g/mol. The van der Waals surface area contributed by atoms with E-state index in [1.165, 1.54) is 26.2 Å². The molecule has 0 aliphatic carbocycles. The van der Waals surface area contributed by atoms with Gasteiger partial charge in [-0.05, 0) is 19.1 Å². The SMILES string of the molecule is CCOc1c(Cl)cc(C(=O)OCC(=O)N2CCN(C(C)=O)CC2)cc1OC. The van der Waals surface area contributed by atoms with Gasteiger partial charge in [0.1, 0.15) is 0 Å². The normalized spacial score (nSPS) is 13.9. The lowest BCUT2D eigenvalue weighted by Crippen LogP contribution is -2.51. The smallest absolute Gasteiger partial charge is 0.338 e. The van der Waals surface area contributed by atoms with Crippen molar-refractivity contribution in [3.8, 4) is 11.5 Å². The molecule has 2 amide bonds. The van der Waals surface area contributed by atoms with Crippen LogP contribution in [-0.2, 0) is 14.3 Å². The minimum atomic E-state index is -0.686. The van der Waals surface area contributed by atoms with Crippen molar-refractivity contribution in [2.24, 2.45) is 0 Å². The number of piperazine rings is 1. The average Bonchev–Trinajstić information content (AvgIpc) is 2.67. The molecule has 1 heterocycles. The Morgan fingerprint density at radius 2 is 1.74 bits per heavy atom. The van der Waals surface area contributed by atoms with E-state index >= 15 is 0 Å². The van der Waals surface area contributed by atoms with Gasteiger partial charge in [0, 0.05) is 33.1 Å². The molecule has 0 N–H and O–H groups in total. The van der Waals surface area contributed by atoms with Crippen LogP contribution in [0, 0.1) is 0 Å². The molecule has 1 aromatic carbocycles. The summed E-state index contributed by atoms with van der Waals surface area (Å²) in [5.41, 5.74) is 0.162. The number of nitrogens with zero attached hydrogens (tertiary/aromatic N) is 2. The highest BCUT2D eigenvalue weighted by Crippen LogP contribution is 2.36. The van der Waals surface area contributed by atoms with Crippen LogP contribution in [0.4, 0.5) is 0 Å². The second-order valence-corrected chi connectivity index (χ2v) is 6.29. The van der Waals surface area contributed by atoms with E-state index in [4.69, 9.17) is 25.8 Å². The van der Waals surface area contributed by atoms with Gasteiger partial charge in [-0.3, -0.25) is 9.59 Å². The number of methoxy groups -OCH3 is 1. The first-order valence-electron chi connectivity index (χ1n) is 8.58. The van der Waals surface area contributed by atoms with E-state index in [1.807, 2.05) is 0 Å². The fraction of sp³-hybridized carbons (Fsp3) is 0.500. The molecule has 1 aliphatic heterocycles. The number of halogens is 1. The second-order valence-electron chi connectivity index (χ2n) is 5.89. The van der Waals surface area contributed by atoms with E-state index in [1.54, 1.807) is 16.7 Å². The molecule has 0 atom stereocenters. The van der Waals surface area contributed by atoms with Crippen LogP contribution >= 0.6 is 11.6 Å². The Morgan fingerprint density at radius 1 is 1.11 bits per heavy atom. The van der Waals surface area contributed by atoms with Gasteiger partial charge < -0.3 is 24.0 Å². The third-order valence-corrected chi connectivity index (χ3v) is 4.44. The van der Waals surface area contributed by atoms with Gasteiger partial charge in [0.2, 0.25) is 5.91 Å². The number of benzene rings is 1. The quantitative estimate of drug-likeness (QED) is 0.676. The molecule has 0 saturated carbocycles. The molecule has 0 spiro atoms. The molecular formula is C18H23ClN2O6. The summed E-state index contributed by atoms with van der Waals surface area (Å²) in [5.74, 6) is -0.361. The Kier molecular flexibility index (Phi) is 7.29. The van der Waals surface area contributed by atoms with Crippen molar-refractivity contribution in [3.05, 3.63) is 22.7 Å². The highest BCUT2D eigenvalue weighted by molar-refractivity contribution is 6.32. The van der Waals surface area contributed by atoms with Crippen molar-refractivity contribution < 1.29 is 28.6 Å². The second kappa shape index (κ2) is 9.45. The Labute approximate surface area is 162 Å². The Balaban J connectivity index is 1.95. The van der Waals surface area contributed by atoms with Crippen molar-refractivity contribution >= 4 is 29.4 Å². The molecule has 1 aromatic rings. The first-order chi connectivity index (χ1) is 12.9. The number of rotatable bonds is 6. The van der Waals surface area contributed by atoms with Gasteiger partial charge in [0.15, 0.2) is 18.1 Å². The third-order valence-electron chi connectivity index (χ3n) is 4.16. The Hall–Kier alpha value is -2.48. The lowest BCUT2D eigenvalue weighted by Gasteiger charge is -2.34. The van der Waals surface area contributed by atoms with Gasteiger partial charge in [0.25, 0.3) is 5.91 Å². The van der Waals surface area contributed by atoms with Crippen molar-refractivity contribution in [3.63, 3.8) is 0 Å². The van der Waals surface area contributed by atoms with Crippen LogP contribution in [-0.4, -0.2) is 74.1 Å². The zero-order chi connectivity index (χ0) is 20.0. The minimum absolute atomic E-state index is 0.0187. The monoisotopic (exact) mass is 398 g/mol. The maximum atomic E-state index is 12.3. The van der Waals surface area contributed by atoms with E-state index in [9.17, 15) is 14.4 Å². The molecule has 0 aromatic heterocycles. The highest BCUT2D eigenvalue weighted by atomic mass is 35.5. The first-order valence-corrected chi connectivity index (χ1v) is 8.95. The molecule has 0 unspecified atom stereocenters. The van der Waals surface area contributed by atoms with Gasteiger partial charge in [-0.25, -0.2) is 4.79 Å². The molecule has 148 valence electrons. The van der Waals surface area contributed by atoms with Crippen molar-refractivity contribution in [2.75, 3.05) is 46.5 Å². The molecule has 8 nitrogen and oxygen atoms in total. The number of hydrogen-bond donors (Lipinski definition) is 0. The maximum Gasteiger partial charge on any atom is 0.338 e. The van der Waals surface area contributed by atoms with Crippen LogP contribution in [0.15, 0.2) is 12.1 Å². The summed E-state index contributed by atoms with van der Waals surface area (Å²) < 4.78 is 15.7. The molecule has 1 fully saturated rings. The van der Waals surface area contributed by atoms with Gasteiger partial charge >= 0.3 is 5.97 Å². The van der Waals surface area contributed by atoms with Gasteiger partial charge in [-0.1, -0.05) is 11.6 Å². The van der Waals surface area contributed by atoms with Gasteiger partial charge in [0.05, 0.1) is 24.3 Å². The fourth-order valence-corrected chi connectivity index (χ4v) is 2.96. The molecule has 0 bridgehead atoms. The van der Waals surface area contributed by atoms with Gasteiger partial charge in [-0.15, -0.1) is 0 Å². The van der Waals surface area contributed by atoms with Crippen LogP contribution < -0.4 is 9.47 Å². The van der Waals surface area contributed by atoms with Crippen LogP contribution in [0.1, 0.15) is 24.2 Å². The summed E-state index contributed by atoms with van der Waals surface area (Å²) in [6.45, 7) is 5.09. The molecule has 9 heteroatoms. The Morgan fingerprint density at radius 3 is 2.30 bits per heavy atom. The van der Waals surface area contributed by atoms with E-state index in [2.05, 4.69) is 0 Å². The van der Waals surface area contributed by atoms with Gasteiger partial charge in [-0.2, -0.15) is 0 Å². The predicted octanol–water partition coefficient (Wildman–Crippen LogP) is 1.59. The maximum absolute atomic E-state index is 12.3. The number of esters is 1. The molecule has 2 rings (SSSR count). The average molecular weight is 399 g/mol. The highest BCUT2D eigenvalue weighted by Gasteiger charge is 2.24. The molecule has 0 radical (unpaired) electrons. The molecule has 1 aliphatic rings. The third kappa shape index (κ3) is 5.26. The summed E-state index contributed by atoms with van der Waals surface area (Å²) in [6, 6.07) is 2.86. The molecule has 27 heavy (non-hydrogen) atoms. The Bertz CT molecular complexity index is 716. The summed E-state index contributed by atoms with van der Waals surface area (Å²) in [7, 11) is 1.44. The lowest BCUT2D eigenvalue weighted by molar-refractivity contribution is -0.140. The number of amides is 2. The predicted molar refractivity (Wildman–Crippen MR) is 98.3 cm³/mol. The largest absolute Gasteiger partial charge is 0.493 e. The van der Waals surface area contributed by atoms with E-state index in [0.717, 1.165) is 0 Å². The van der Waals surface area contributed by atoms with E-state index in [-0.39, 0.29) is 29.0 Å². The minimum Gasteiger partial charge on any atom is -0.493 e. The number of hydrogen-bond acceptors (Lipinski definition) is 6. The molecule has 1 saturated heterocycles. The van der Waals surface area contributed by atoms with Crippen LogP contribution in [0.3, 0.4) is 0 Å². The summed E-state index contributed by atoms with van der Waals surface area (Å²) in [5, 5.41) is 0.217. The number of carbonyl (C=O) groups excluding carboxylic acids is 3. The van der Waals surface area contributed by atoms with E-state index in [0.29, 0.717) is 44.3 Å². The van der Waals surface area contributed by atoms with Crippen LogP contribution in [0.2, 0.25) is 5.02 Å². The summed E-state index contributed by atoms with van der Waals surface area (Å²) in [4.78, 5) is 39.0. The number of carbonyl (C=O) groups is 3. The standard InChI is InChI=1S/C18H23ClN2O6/c1-4-26-17-14(19)9-13(10-15(17)25-3)18(24)27-11-16(23)21-7-5-20(6-8-21)12(2)22/h9-10H,4-8,11H2,1-3H3. The number of ether oxygens (including phenoxy) is 3. The zero-order valence-corrected chi connectivity index (χ0v) is 16.4. The van der Waals surface area contributed by atoms with E-state index < -0.39 is 5.97 Å². The summed E-state index contributed by atoms with van der Waals surface area (Å²) >= 11 is 6.14. The van der Waals surface area contributed by atoms with Crippen molar-refractivity contribution in [1.82, 2.24) is 9.80 Å². The topological polar surface area (TPSA) is 85.4 Å². The van der Waals surface area contributed by atoms with Crippen LogP contribution in [0.5, 0.6) is 11.5 Å². The van der Waals surface area contributed by atoms with Crippen molar-refractivity contribution in [1.29, 1.82) is 0 Å². The zero-order valence-electron chi connectivity index (χ0n) is 15.6. The van der Waals surface area contributed by atoms with Crippen LogP contribution in [0.25, 0.3) is 0 Å².